The zero-order valence-corrected chi connectivity index (χ0v) is 16.7. The number of hydrogen-bond acceptors (Lipinski definition) is 4. The molecular weight excluding hydrogens is 374 g/mol. The molecule has 2 aliphatic rings. The van der Waals surface area contributed by atoms with E-state index in [2.05, 4.69) is 15.3 Å². The predicted octanol–water partition coefficient (Wildman–Crippen LogP) is 4.45. The van der Waals surface area contributed by atoms with Crippen molar-refractivity contribution in [1.82, 2.24) is 15.3 Å². The molecule has 2 saturated carbocycles. The van der Waals surface area contributed by atoms with Gasteiger partial charge in [-0.25, -0.2) is 4.98 Å². The first kappa shape index (κ1) is 19.2. The quantitative estimate of drug-likeness (QED) is 0.806. The van der Waals surface area contributed by atoms with Crippen LogP contribution < -0.4 is 10.1 Å². The van der Waals surface area contributed by atoms with Crippen molar-refractivity contribution in [2.24, 2.45) is 0 Å². The fourth-order valence-electron chi connectivity index (χ4n) is 4.56. The van der Waals surface area contributed by atoms with E-state index >= 15 is 0 Å². The molecule has 0 unspecified atom stereocenters. The van der Waals surface area contributed by atoms with Gasteiger partial charge in [-0.05, 0) is 56.2 Å². The molecule has 2 aliphatic carbocycles. The number of ether oxygens (including phenoxy) is 1. The Kier molecular flexibility index (Phi) is 5.81. The number of amides is 1. The van der Waals surface area contributed by atoms with Crippen LogP contribution in [0.3, 0.4) is 0 Å². The van der Waals surface area contributed by atoms with Gasteiger partial charge < -0.3 is 10.1 Å². The van der Waals surface area contributed by atoms with Crippen LogP contribution in [0.2, 0.25) is 5.02 Å². The first-order chi connectivity index (χ1) is 13.7. The summed E-state index contributed by atoms with van der Waals surface area (Å²) >= 11 is 6.05. The number of carbonyl (C=O) groups excluding carboxylic acids is 1. The van der Waals surface area contributed by atoms with Crippen LogP contribution in [0.25, 0.3) is 0 Å². The minimum Gasteiger partial charge on any atom is -0.473 e. The smallest absolute Gasteiger partial charge is 0.232 e. The topological polar surface area (TPSA) is 64.1 Å². The third-order valence-electron chi connectivity index (χ3n) is 6.12. The standard InChI is InChI=1S/C22H26ClN3O2/c23-17-5-3-16(4-6-17)22(11-1-2-12-22)21(27)26-18-7-9-19(10-8-18)28-20-15-24-13-14-25-20/h3-6,13-15,18-19H,1-2,7-12H2,(H,26,27). The molecule has 1 amide bonds. The lowest BCUT2D eigenvalue weighted by atomic mass is 9.77. The van der Waals surface area contributed by atoms with Crippen molar-refractivity contribution in [3.63, 3.8) is 0 Å². The molecule has 0 spiro atoms. The molecule has 6 heteroatoms. The van der Waals surface area contributed by atoms with E-state index in [4.69, 9.17) is 16.3 Å². The number of hydrogen-bond donors (Lipinski definition) is 1. The second-order valence-corrected chi connectivity index (χ2v) is 8.34. The maximum atomic E-state index is 13.3. The van der Waals surface area contributed by atoms with Crippen LogP contribution >= 0.6 is 11.6 Å². The van der Waals surface area contributed by atoms with Crippen LogP contribution in [0.4, 0.5) is 0 Å². The summed E-state index contributed by atoms with van der Waals surface area (Å²) in [5.41, 5.74) is 0.684. The molecule has 2 fully saturated rings. The van der Waals surface area contributed by atoms with Gasteiger partial charge in [0.15, 0.2) is 0 Å². The van der Waals surface area contributed by atoms with Gasteiger partial charge in [-0.1, -0.05) is 36.6 Å². The molecule has 0 bridgehead atoms. The number of benzene rings is 1. The van der Waals surface area contributed by atoms with Crippen molar-refractivity contribution in [3.8, 4) is 5.88 Å². The van der Waals surface area contributed by atoms with E-state index in [1.165, 1.54) is 0 Å². The highest BCUT2D eigenvalue weighted by Crippen LogP contribution is 2.42. The van der Waals surface area contributed by atoms with Crippen LogP contribution in [0.1, 0.15) is 56.9 Å². The first-order valence-electron chi connectivity index (χ1n) is 10.2. The van der Waals surface area contributed by atoms with Crippen molar-refractivity contribution in [3.05, 3.63) is 53.4 Å². The Bertz CT molecular complexity index is 783. The van der Waals surface area contributed by atoms with Crippen LogP contribution in [0.5, 0.6) is 5.88 Å². The fourth-order valence-corrected chi connectivity index (χ4v) is 4.69. The van der Waals surface area contributed by atoms with Gasteiger partial charge in [-0.15, -0.1) is 0 Å². The van der Waals surface area contributed by atoms with Crippen LogP contribution in [-0.4, -0.2) is 28.0 Å². The number of aromatic nitrogens is 2. The summed E-state index contributed by atoms with van der Waals surface area (Å²) in [5.74, 6) is 0.744. The van der Waals surface area contributed by atoms with Crippen LogP contribution in [0, 0.1) is 0 Å². The normalized spacial score (nSPS) is 23.9. The summed E-state index contributed by atoms with van der Waals surface area (Å²) < 4.78 is 5.91. The van der Waals surface area contributed by atoms with Gasteiger partial charge in [0.25, 0.3) is 0 Å². The number of nitrogens with one attached hydrogen (secondary N) is 1. The molecule has 148 valence electrons. The van der Waals surface area contributed by atoms with Crippen molar-refractivity contribution in [2.75, 3.05) is 0 Å². The number of carbonyl (C=O) groups is 1. The minimum atomic E-state index is -0.405. The molecule has 5 nitrogen and oxygen atoms in total. The van der Waals surface area contributed by atoms with Crippen molar-refractivity contribution in [2.45, 2.75) is 68.9 Å². The van der Waals surface area contributed by atoms with E-state index in [0.717, 1.165) is 56.9 Å². The maximum absolute atomic E-state index is 13.3. The Morgan fingerprint density at radius 2 is 1.79 bits per heavy atom. The lowest BCUT2D eigenvalue weighted by Crippen LogP contribution is -2.48. The van der Waals surface area contributed by atoms with Crippen molar-refractivity contribution < 1.29 is 9.53 Å². The van der Waals surface area contributed by atoms with Crippen LogP contribution in [0.15, 0.2) is 42.9 Å². The molecular formula is C22H26ClN3O2. The summed E-state index contributed by atoms with van der Waals surface area (Å²) in [7, 11) is 0. The molecule has 0 radical (unpaired) electrons. The lowest BCUT2D eigenvalue weighted by molar-refractivity contribution is -0.127. The van der Waals surface area contributed by atoms with Gasteiger partial charge in [-0.2, -0.15) is 0 Å². The molecule has 1 heterocycles. The highest BCUT2D eigenvalue weighted by atomic mass is 35.5. The number of nitrogens with zero attached hydrogens (tertiary/aromatic N) is 2. The SMILES string of the molecule is O=C(NC1CCC(Oc2cnccn2)CC1)C1(c2ccc(Cl)cc2)CCCC1. The van der Waals surface area contributed by atoms with Gasteiger partial charge in [0.2, 0.25) is 11.8 Å². The Morgan fingerprint density at radius 1 is 1.07 bits per heavy atom. The summed E-state index contributed by atoms with van der Waals surface area (Å²) in [4.78, 5) is 21.5. The average molecular weight is 400 g/mol. The molecule has 0 atom stereocenters. The molecule has 0 saturated heterocycles. The second-order valence-electron chi connectivity index (χ2n) is 7.90. The first-order valence-corrected chi connectivity index (χ1v) is 10.5. The molecule has 4 rings (SSSR count). The summed E-state index contributed by atoms with van der Waals surface area (Å²) in [6.45, 7) is 0. The summed E-state index contributed by atoms with van der Waals surface area (Å²) in [5, 5.41) is 4.05. The minimum absolute atomic E-state index is 0.140. The molecule has 28 heavy (non-hydrogen) atoms. The number of halogens is 1. The lowest BCUT2D eigenvalue weighted by Gasteiger charge is -2.34. The zero-order valence-electron chi connectivity index (χ0n) is 15.9. The van der Waals surface area contributed by atoms with E-state index in [1.54, 1.807) is 18.6 Å². The van der Waals surface area contributed by atoms with Crippen LogP contribution in [-0.2, 0) is 10.2 Å². The largest absolute Gasteiger partial charge is 0.473 e. The molecule has 1 aromatic heterocycles. The van der Waals surface area contributed by atoms with E-state index in [1.807, 2.05) is 24.3 Å². The van der Waals surface area contributed by atoms with E-state index in [-0.39, 0.29) is 18.1 Å². The molecule has 1 N–H and O–H groups in total. The zero-order chi connectivity index (χ0) is 19.4. The molecule has 2 aromatic rings. The Morgan fingerprint density at radius 3 is 2.43 bits per heavy atom. The van der Waals surface area contributed by atoms with Gasteiger partial charge in [-0.3, -0.25) is 9.78 Å². The summed E-state index contributed by atoms with van der Waals surface area (Å²) in [6.07, 6.45) is 12.7. The monoisotopic (exact) mass is 399 g/mol. The van der Waals surface area contributed by atoms with Gasteiger partial charge in [0, 0.05) is 23.5 Å². The van der Waals surface area contributed by atoms with Gasteiger partial charge in [0.05, 0.1) is 11.6 Å². The third kappa shape index (κ3) is 4.14. The van der Waals surface area contributed by atoms with E-state index in [0.29, 0.717) is 10.9 Å². The third-order valence-corrected chi connectivity index (χ3v) is 6.38. The molecule has 0 aliphatic heterocycles. The molecule has 1 aromatic carbocycles. The van der Waals surface area contributed by atoms with Crippen molar-refractivity contribution in [1.29, 1.82) is 0 Å². The Balaban J connectivity index is 1.36. The fraction of sp³-hybridized carbons (Fsp3) is 0.500. The average Bonchev–Trinajstić information content (AvgIpc) is 3.22. The summed E-state index contributed by atoms with van der Waals surface area (Å²) in [6, 6.07) is 8.01. The van der Waals surface area contributed by atoms with E-state index in [9.17, 15) is 4.79 Å². The highest BCUT2D eigenvalue weighted by molar-refractivity contribution is 6.30. The predicted molar refractivity (Wildman–Crippen MR) is 108 cm³/mol. The highest BCUT2D eigenvalue weighted by Gasteiger charge is 2.43. The van der Waals surface area contributed by atoms with E-state index < -0.39 is 5.41 Å². The van der Waals surface area contributed by atoms with Gasteiger partial charge >= 0.3 is 0 Å². The van der Waals surface area contributed by atoms with Crippen molar-refractivity contribution >= 4 is 17.5 Å². The van der Waals surface area contributed by atoms with Gasteiger partial charge in [0.1, 0.15) is 6.10 Å². The second kappa shape index (κ2) is 8.48. The number of rotatable bonds is 5. The Hall–Kier alpha value is -2.14. The Labute approximate surface area is 170 Å². The maximum Gasteiger partial charge on any atom is 0.232 e.